The summed E-state index contributed by atoms with van der Waals surface area (Å²) in [6, 6.07) is 12.2. The summed E-state index contributed by atoms with van der Waals surface area (Å²) in [5.41, 5.74) is 1.23. The average molecular weight is 438 g/mol. The van der Waals surface area contributed by atoms with Crippen LogP contribution in [0.3, 0.4) is 0 Å². The maximum absolute atomic E-state index is 12.6. The Morgan fingerprint density at radius 2 is 1.91 bits per heavy atom. The minimum absolute atomic E-state index is 0.0381. The molecule has 0 saturated carbocycles. The second-order valence-corrected chi connectivity index (χ2v) is 7.36. The van der Waals surface area contributed by atoms with Gasteiger partial charge in [-0.05, 0) is 50.2 Å². The number of rotatable bonds is 11. The Morgan fingerprint density at radius 1 is 1.12 bits per heavy atom. The molecule has 9 heteroatoms. The Balaban J connectivity index is 1.67. The van der Waals surface area contributed by atoms with Gasteiger partial charge in [0.2, 0.25) is 11.7 Å². The van der Waals surface area contributed by atoms with Gasteiger partial charge in [0, 0.05) is 18.4 Å². The minimum atomic E-state index is -1.16. The Kier molecular flexibility index (Phi) is 7.93. The number of aromatic hydroxyl groups is 1. The van der Waals surface area contributed by atoms with Gasteiger partial charge in [-0.2, -0.15) is 4.98 Å². The zero-order valence-corrected chi connectivity index (χ0v) is 17.7. The molecule has 0 spiro atoms. The molecule has 1 atom stereocenters. The summed E-state index contributed by atoms with van der Waals surface area (Å²) >= 11 is 0. The van der Waals surface area contributed by atoms with Gasteiger partial charge in [0.05, 0.1) is 5.56 Å². The third kappa shape index (κ3) is 6.14. The molecule has 0 aliphatic rings. The molecule has 3 rings (SSSR count). The number of hydrogen-bond donors (Lipinski definition) is 4. The van der Waals surface area contributed by atoms with E-state index in [-0.39, 0.29) is 17.7 Å². The fourth-order valence-electron chi connectivity index (χ4n) is 3.20. The fourth-order valence-corrected chi connectivity index (χ4v) is 3.20. The van der Waals surface area contributed by atoms with Gasteiger partial charge in [0.25, 0.3) is 5.91 Å². The molecule has 2 aromatic carbocycles. The van der Waals surface area contributed by atoms with Crippen LogP contribution in [0, 0.1) is 0 Å². The van der Waals surface area contributed by atoms with E-state index in [4.69, 9.17) is 4.52 Å². The van der Waals surface area contributed by atoms with Gasteiger partial charge in [-0.1, -0.05) is 35.5 Å². The fraction of sp³-hybridized carbons (Fsp3) is 0.304. The zero-order chi connectivity index (χ0) is 22.9. The van der Waals surface area contributed by atoms with Crippen LogP contribution in [-0.2, 0) is 17.6 Å². The number of benzene rings is 2. The van der Waals surface area contributed by atoms with E-state index in [9.17, 15) is 19.8 Å². The lowest BCUT2D eigenvalue weighted by molar-refractivity contribution is -0.139. The highest BCUT2D eigenvalue weighted by Gasteiger charge is 2.23. The number of carbonyl (C=O) groups is 2. The second-order valence-electron chi connectivity index (χ2n) is 7.36. The van der Waals surface area contributed by atoms with Crippen molar-refractivity contribution in [1.82, 2.24) is 20.8 Å². The Labute approximate surface area is 185 Å². The van der Waals surface area contributed by atoms with Crippen LogP contribution in [-0.4, -0.2) is 51.9 Å². The smallest absolute Gasteiger partial charge is 0.326 e. The van der Waals surface area contributed by atoms with Crippen LogP contribution in [0.2, 0.25) is 0 Å². The Hall–Kier alpha value is -3.72. The van der Waals surface area contributed by atoms with Crippen LogP contribution in [0.1, 0.15) is 34.7 Å². The average Bonchev–Trinajstić information content (AvgIpc) is 3.26. The highest BCUT2D eigenvalue weighted by molar-refractivity contribution is 5.99. The summed E-state index contributed by atoms with van der Waals surface area (Å²) in [5.74, 6) is -1.33. The molecule has 9 nitrogen and oxygen atoms in total. The van der Waals surface area contributed by atoms with Gasteiger partial charge in [0.1, 0.15) is 11.8 Å². The number of carboxylic acid groups (broad SMARTS) is 1. The largest absolute Gasteiger partial charge is 0.507 e. The van der Waals surface area contributed by atoms with E-state index < -0.39 is 17.9 Å². The van der Waals surface area contributed by atoms with Crippen molar-refractivity contribution in [1.29, 1.82) is 0 Å². The number of aliphatic carboxylic acids is 1. The number of nitrogens with zero attached hydrogens (tertiary/aromatic N) is 2. The van der Waals surface area contributed by atoms with Crippen molar-refractivity contribution in [3.05, 3.63) is 65.5 Å². The van der Waals surface area contributed by atoms with Crippen molar-refractivity contribution in [2.45, 2.75) is 31.7 Å². The number of unbranched alkanes of at least 4 members (excludes halogenated alkanes) is 1. The van der Waals surface area contributed by atoms with Crippen molar-refractivity contribution in [3.8, 4) is 17.1 Å². The van der Waals surface area contributed by atoms with Gasteiger partial charge in [-0.25, -0.2) is 4.79 Å². The monoisotopic (exact) mass is 438 g/mol. The number of phenolic OH excluding ortho intramolecular Hbond substituents is 1. The number of nitrogens with one attached hydrogen (secondary N) is 2. The molecule has 0 fully saturated rings. The lowest BCUT2D eigenvalue weighted by atomic mass is 10.0. The van der Waals surface area contributed by atoms with E-state index in [1.165, 1.54) is 12.1 Å². The van der Waals surface area contributed by atoms with Gasteiger partial charge in [0.15, 0.2) is 0 Å². The van der Waals surface area contributed by atoms with Crippen molar-refractivity contribution in [2.24, 2.45) is 0 Å². The molecule has 0 radical (unpaired) electrons. The van der Waals surface area contributed by atoms with Crippen molar-refractivity contribution < 1.29 is 24.3 Å². The van der Waals surface area contributed by atoms with Crippen LogP contribution in [0.5, 0.6) is 5.75 Å². The topological polar surface area (TPSA) is 138 Å². The van der Waals surface area contributed by atoms with Crippen molar-refractivity contribution in [2.75, 3.05) is 13.6 Å². The molecule has 0 saturated heterocycles. The van der Waals surface area contributed by atoms with Crippen LogP contribution in [0.4, 0.5) is 0 Å². The summed E-state index contributed by atoms with van der Waals surface area (Å²) in [4.78, 5) is 28.5. The normalized spacial score (nSPS) is 11.8. The summed E-state index contributed by atoms with van der Waals surface area (Å²) < 4.78 is 5.24. The summed E-state index contributed by atoms with van der Waals surface area (Å²) in [6.07, 6.45) is 2.67. The molecule has 1 unspecified atom stereocenters. The first-order valence-corrected chi connectivity index (χ1v) is 10.4. The highest BCUT2D eigenvalue weighted by Crippen LogP contribution is 2.25. The zero-order valence-electron chi connectivity index (χ0n) is 17.7. The lowest BCUT2D eigenvalue weighted by Crippen LogP contribution is -2.42. The summed E-state index contributed by atoms with van der Waals surface area (Å²) in [5, 5.41) is 29.3. The molecule has 0 bridgehead atoms. The number of phenols is 1. The van der Waals surface area contributed by atoms with Crippen LogP contribution >= 0.6 is 0 Å². The predicted octanol–water partition coefficient (Wildman–Crippen LogP) is 2.41. The first-order chi connectivity index (χ1) is 15.5. The maximum Gasteiger partial charge on any atom is 0.326 e. The molecule has 1 aromatic heterocycles. The highest BCUT2D eigenvalue weighted by atomic mass is 16.5. The van der Waals surface area contributed by atoms with Crippen LogP contribution in [0.25, 0.3) is 11.4 Å². The number of amides is 1. The number of hydrogen-bond acceptors (Lipinski definition) is 7. The van der Waals surface area contributed by atoms with E-state index >= 15 is 0 Å². The quantitative estimate of drug-likeness (QED) is 0.335. The third-order valence-corrected chi connectivity index (χ3v) is 4.92. The molecule has 32 heavy (non-hydrogen) atoms. The predicted molar refractivity (Wildman–Crippen MR) is 117 cm³/mol. The van der Waals surface area contributed by atoms with Gasteiger partial charge in [-0.15, -0.1) is 0 Å². The molecular formula is C23H26N4O5. The van der Waals surface area contributed by atoms with Gasteiger partial charge >= 0.3 is 5.97 Å². The lowest BCUT2D eigenvalue weighted by Gasteiger charge is -2.15. The molecular weight excluding hydrogens is 412 g/mol. The van der Waals surface area contributed by atoms with Crippen LogP contribution < -0.4 is 10.6 Å². The minimum Gasteiger partial charge on any atom is -0.507 e. The Bertz CT molecular complexity index is 1050. The van der Waals surface area contributed by atoms with Crippen molar-refractivity contribution in [3.63, 3.8) is 0 Å². The van der Waals surface area contributed by atoms with Gasteiger partial charge < -0.3 is 25.4 Å². The molecule has 1 amide bonds. The first-order valence-electron chi connectivity index (χ1n) is 10.4. The second kappa shape index (κ2) is 11.1. The molecule has 0 aliphatic carbocycles. The summed E-state index contributed by atoms with van der Waals surface area (Å²) in [7, 11) is 1.90. The van der Waals surface area contributed by atoms with Crippen LogP contribution in [0.15, 0.2) is 53.1 Å². The first kappa shape index (κ1) is 23.0. The van der Waals surface area contributed by atoms with Gasteiger partial charge in [-0.3, -0.25) is 4.79 Å². The molecule has 0 aliphatic heterocycles. The number of aromatic nitrogens is 2. The molecule has 168 valence electrons. The number of carbonyl (C=O) groups excluding carboxylic acids is 1. The van der Waals surface area contributed by atoms with E-state index in [1.54, 1.807) is 30.3 Å². The SMILES string of the molecule is CNCCCCc1nc(-c2ccc(C(=O)NC(Cc3ccccc3)C(=O)O)c(O)c2)no1. The summed E-state index contributed by atoms with van der Waals surface area (Å²) in [6.45, 7) is 0.909. The standard InChI is InChI=1S/C23H26N4O5/c1-24-12-6-5-9-20-26-21(27-32-20)16-10-11-17(19(28)14-16)22(29)25-18(23(30)31)13-15-7-3-2-4-8-15/h2-4,7-8,10-11,14,18,24,28H,5-6,9,12-13H2,1H3,(H,25,29)(H,30,31). The van der Waals surface area contributed by atoms with E-state index in [0.717, 1.165) is 24.9 Å². The van der Waals surface area contributed by atoms with E-state index in [1.807, 2.05) is 13.1 Å². The maximum atomic E-state index is 12.6. The van der Waals surface area contributed by atoms with Crippen molar-refractivity contribution >= 4 is 11.9 Å². The van der Waals surface area contributed by atoms with E-state index in [2.05, 4.69) is 20.8 Å². The Morgan fingerprint density at radius 3 is 2.59 bits per heavy atom. The molecule has 1 heterocycles. The third-order valence-electron chi connectivity index (χ3n) is 4.92. The number of aryl methyl sites for hydroxylation is 1. The number of carboxylic acids is 1. The van der Waals surface area contributed by atoms with E-state index in [0.29, 0.717) is 23.7 Å². The molecule has 4 N–H and O–H groups in total. The molecule has 3 aromatic rings.